The second kappa shape index (κ2) is 7.18. The van der Waals surface area contributed by atoms with Gasteiger partial charge in [0.1, 0.15) is 5.82 Å². The highest BCUT2D eigenvalue weighted by molar-refractivity contribution is 5.92. The van der Waals surface area contributed by atoms with E-state index in [1.165, 1.54) is 12.1 Å². The number of hydrogen-bond acceptors (Lipinski definition) is 2. The van der Waals surface area contributed by atoms with Gasteiger partial charge in [-0.3, -0.25) is 4.79 Å². The summed E-state index contributed by atoms with van der Waals surface area (Å²) >= 11 is 0. The van der Waals surface area contributed by atoms with Gasteiger partial charge < -0.3 is 10.4 Å². The topological polar surface area (TPSA) is 49.3 Å². The van der Waals surface area contributed by atoms with Gasteiger partial charge in [0.25, 0.3) is 0 Å². The van der Waals surface area contributed by atoms with Crippen molar-refractivity contribution in [1.29, 1.82) is 0 Å². The van der Waals surface area contributed by atoms with Crippen LogP contribution in [-0.2, 0) is 4.79 Å². The third kappa shape index (κ3) is 4.15. The van der Waals surface area contributed by atoms with Crippen molar-refractivity contribution < 1.29 is 14.3 Å². The molecule has 2 aromatic carbocycles. The van der Waals surface area contributed by atoms with Crippen LogP contribution >= 0.6 is 0 Å². The largest absolute Gasteiger partial charge is 0.389 e. The first kappa shape index (κ1) is 16.2. The second-order valence-corrected chi connectivity index (χ2v) is 5.47. The summed E-state index contributed by atoms with van der Waals surface area (Å²) in [6.45, 7) is 3.54. The van der Waals surface area contributed by atoms with Crippen LogP contribution in [0.5, 0.6) is 0 Å². The zero-order valence-electron chi connectivity index (χ0n) is 12.7. The van der Waals surface area contributed by atoms with Crippen molar-refractivity contribution >= 4 is 11.6 Å². The molecular formula is C18H20FNO2. The van der Waals surface area contributed by atoms with Gasteiger partial charge in [-0.15, -0.1) is 0 Å². The molecule has 0 aromatic heterocycles. The van der Waals surface area contributed by atoms with Crippen LogP contribution in [0.4, 0.5) is 10.1 Å². The van der Waals surface area contributed by atoms with E-state index in [-0.39, 0.29) is 24.1 Å². The van der Waals surface area contributed by atoms with Crippen molar-refractivity contribution in [3.05, 3.63) is 65.5 Å². The van der Waals surface area contributed by atoms with Gasteiger partial charge in [-0.05, 0) is 36.6 Å². The van der Waals surface area contributed by atoms with E-state index in [2.05, 4.69) is 5.32 Å². The maximum atomic E-state index is 13.2. The fourth-order valence-electron chi connectivity index (χ4n) is 2.39. The first-order chi connectivity index (χ1) is 10.5. The van der Waals surface area contributed by atoms with Crippen LogP contribution in [0.2, 0.25) is 0 Å². The predicted molar refractivity (Wildman–Crippen MR) is 85.1 cm³/mol. The fourth-order valence-corrected chi connectivity index (χ4v) is 2.39. The van der Waals surface area contributed by atoms with E-state index in [9.17, 15) is 14.3 Å². The highest BCUT2D eigenvalue weighted by Gasteiger charge is 2.14. The molecule has 2 rings (SSSR count). The molecule has 0 saturated heterocycles. The highest BCUT2D eigenvalue weighted by atomic mass is 19.1. The summed E-state index contributed by atoms with van der Waals surface area (Å²) in [5.41, 5.74) is 2.07. The number of aliphatic hydroxyl groups excluding tert-OH is 1. The third-order valence-electron chi connectivity index (χ3n) is 3.59. The Balaban J connectivity index is 2.04. The summed E-state index contributed by atoms with van der Waals surface area (Å²) in [6.07, 6.45) is -0.408. The monoisotopic (exact) mass is 301 g/mol. The average Bonchev–Trinajstić information content (AvgIpc) is 2.47. The lowest BCUT2D eigenvalue weighted by atomic mass is 9.97. The van der Waals surface area contributed by atoms with Gasteiger partial charge in [0.05, 0.1) is 6.10 Å². The number of halogens is 1. The van der Waals surface area contributed by atoms with E-state index in [0.717, 1.165) is 5.56 Å². The van der Waals surface area contributed by atoms with Gasteiger partial charge in [-0.2, -0.15) is 0 Å². The molecule has 0 fully saturated rings. The van der Waals surface area contributed by atoms with Crippen LogP contribution in [0, 0.1) is 5.82 Å². The predicted octanol–water partition coefficient (Wildman–Crippen LogP) is 4.01. The number of para-hydroxylation sites is 1. The molecule has 116 valence electrons. The summed E-state index contributed by atoms with van der Waals surface area (Å²) in [5.74, 6) is -0.552. The van der Waals surface area contributed by atoms with Crippen molar-refractivity contribution in [3.63, 3.8) is 0 Å². The summed E-state index contributed by atoms with van der Waals surface area (Å²) < 4.78 is 13.2. The maximum absolute atomic E-state index is 13.2. The van der Waals surface area contributed by atoms with Crippen molar-refractivity contribution in [3.8, 4) is 0 Å². The molecule has 22 heavy (non-hydrogen) atoms. The highest BCUT2D eigenvalue weighted by Crippen LogP contribution is 2.24. The Bertz CT molecular complexity index is 655. The molecule has 2 unspecified atom stereocenters. The van der Waals surface area contributed by atoms with E-state index in [1.54, 1.807) is 31.2 Å². The Hall–Kier alpha value is -2.20. The Morgan fingerprint density at radius 2 is 1.91 bits per heavy atom. The van der Waals surface area contributed by atoms with Crippen molar-refractivity contribution in [2.24, 2.45) is 0 Å². The molecule has 2 aromatic rings. The maximum Gasteiger partial charge on any atom is 0.224 e. The van der Waals surface area contributed by atoms with Crippen LogP contribution in [0.3, 0.4) is 0 Å². The second-order valence-electron chi connectivity index (χ2n) is 5.47. The lowest BCUT2D eigenvalue weighted by molar-refractivity contribution is -0.116. The van der Waals surface area contributed by atoms with E-state index >= 15 is 0 Å². The Kier molecular flexibility index (Phi) is 5.28. The summed E-state index contributed by atoms with van der Waals surface area (Å²) in [6, 6.07) is 13.4. The van der Waals surface area contributed by atoms with Gasteiger partial charge in [-0.1, -0.05) is 37.3 Å². The van der Waals surface area contributed by atoms with Crippen LogP contribution in [0.25, 0.3) is 0 Å². The standard InChI is InChI=1S/C18H20FNO2/c1-12(14-6-5-7-15(19)11-14)10-18(22)20-17-9-4-3-8-16(17)13(2)21/h3-9,11-13,21H,10H2,1-2H3,(H,20,22). The van der Waals surface area contributed by atoms with Gasteiger partial charge in [0, 0.05) is 17.7 Å². The average molecular weight is 301 g/mol. The van der Waals surface area contributed by atoms with E-state index < -0.39 is 6.10 Å². The molecule has 0 aliphatic carbocycles. The lowest BCUT2D eigenvalue weighted by Crippen LogP contribution is -2.16. The number of carbonyl (C=O) groups is 1. The van der Waals surface area contributed by atoms with Crippen molar-refractivity contribution in [1.82, 2.24) is 0 Å². The molecule has 0 saturated carbocycles. The van der Waals surface area contributed by atoms with Gasteiger partial charge >= 0.3 is 0 Å². The SMILES string of the molecule is CC(O)c1ccccc1NC(=O)CC(C)c1cccc(F)c1. The molecule has 2 N–H and O–H groups in total. The summed E-state index contributed by atoms with van der Waals surface area (Å²) in [5, 5.41) is 12.5. The molecule has 0 radical (unpaired) electrons. The molecule has 1 amide bonds. The molecule has 0 bridgehead atoms. The van der Waals surface area contributed by atoms with Crippen LogP contribution in [0.1, 0.15) is 43.4 Å². The molecule has 4 heteroatoms. The molecule has 0 aliphatic rings. The molecule has 0 spiro atoms. The third-order valence-corrected chi connectivity index (χ3v) is 3.59. The van der Waals surface area contributed by atoms with Crippen LogP contribution in [0.15, 0.2) is 48.5 Å². The minimum absolute atomic E-state index is 0.0885. The number of benzene rings is 2. The molecule has 2 atom stereocenters. The fraction of sp³-hybridized carbons (Fsp3) is 0.278. The van der Waals surface area contributed by atoms with Gasteiger partial charge in [0.15, 0.2) is 0 Å². The number of hydrogen-bond donors (Lipinski definition) is 2. The number of carbonyl (C=O) groups excluding carboxylic acids is 1. The Labute approximate surface area is 129 Å². The van der Waals surface area contributed by atoms with Crippen molar-refractivity contribution in [2.75, 3.05) is 5.32 Å². The van der Waals surface area contributed by atoms with Crippen LogP contribution < -0.4 is 5.32 Å². The first-order valence-electron chi connectivity index (χ1n) is 7.29. The minimum Gasteiger partial charge on any atom is -0.389 e. The number of amides is 1. The first-order valence-corrected chi connectivity index (χ1v) is 7.29. The molecule has 0 aliphatic heterocycles. The quantitative estimate of drug-likeness (QED) is 0.876. The Morgan fingerprint density at radius 3 is 2.59 bits per heavy atom. The minimum atomic E-state index is -0.655. The van der Waals surface area contributed by atoms with Crippen molar-refractivity contribution in [2.45, 2.75) is 32.3 Å². The number of rotatable bonds is 5. The van der Waals surface area contributed by atoms with Gasteiger partial charge in [-0.25, -0.2) is 4.39 Å². The number of anilines is 1. The smallest absolute Gasteiger partial charge is 0.224 e. The number of nitrogens with one attached hydrogen (secondary N) is 1. The molecule has 0 heterocycles. The zero-order chi connectivity index (χ0) is 16.1. The number of aliphatic hydroxyl groups is 1. The zero-order valence-corrected chi connectivity index (χ0v) is 12.7. The van der Waals surface area contributed by atoms with Crippen LogP contribution in [-0.4, -0.2) is 11.0 Å². The molecular weight excluding hydrogens is 281 g/mol. The van der Waals surface area contributed by atoms with E-state index in [1.807, 2.05) is 19.1 Å². The molecule has 3 nitrogen and oxygen atoms in total. The van der Waals surface area contributed by atoms with E-state index in [0.29, 0.717) is 11.3 Å². The van der Waals surface area contributed by atoms with Gasteiger partial charge in [0.2, 0.25) is 5.91 Å². The normalized spacial score (nSPS) is 13.5. The Morgan fingerprint density at radius 1 is 1.18 bits per heavy atom. The summed E-state index contributed by atoms with van der Waals surface area (Å²) in [7, 11) is 0. The van der Waals surface area contributed by atoms with E-state index in [4.69, 9.17) is 0 Å². The summed E-state index contributed by atoms with van der Waals surface area (Å²) in [4.78, 5) is 12.2. The lowest BCUT2D eigenvalue weighted by Gasteiger charge is -2.15.